The van der Waals surface area contributed by atoms with Gasteiger partial charge in [0.15, 0.2) is 0 Å². The zero-order chi connectivity index (χ0) is 9.97. The van der Waals surface area contributed by atoms with Gasteiger partial charge < -0.3 is 9.84 Å². The molecule has 0 aliphatic carbocycles. The lowest BCUT2D eigenvalue weighted by molar-refractivity contribution is 0.0352. The highest BCUT2D eigenvalue weighted by molar-refractivity contribution is 5.57. The number of nitrogens with zero attached hydrogens (tertiary/aromatic N) is 1. The molecule has 2 rings (SSSR count). The van der Waals surface area contributed by atoms with Gasteiger partial charge >= 0.3 is 6.16 Å². The Morgan fingerprint density at radius 1 is 1.29 bits per heavy atom. The van der Waals surface area contributed by atoms with E-state index in [-0.39, 0.29) is 6.10 Å². The predicted octanol–water partition coefficient (Wildman–Crippen LogP) is 1.70. The Morgan fingerprint density at radius 3 is 2.86 bits per heavy atom. The summed E-state index contributed by atoms with van der Waals surface area (Å²) >= 11 is 0. The molecule has 1 N–H and O–H groups in total. The second-order valence-corrected chi connectivity index (χ2v) is 4.23. The van der Waals surface area contributed by atoms with E-state index < -0.39 is 6.16 Å². The third kappa shape index (κ3) is 2.18. The SMILES string of the molecule is O=C(O)OC1CCCC2CCCN2C1. The summed E-state index contributed by atoms with van der Waals surface area (Å²) in [6.45, 7) is 1.92. The quantitative estimate of drug-likeness (QED) is 0.653. The van der Waals surface area contributed by atoms with Gasteiger partial charge in [-0.3, -0.25) is 4.90 Å². The molecule has 4 heteroatoms. The lowest BCUT2D eigenvalue weighted by Crippen LogP contribution is -2.35. The highest BCUT2D eigenvalue weighted by Crippen LogP contribution is 2.26. The summed E-state index contributed by atoms with van der Waals surface area (Å²) in [4.78, 5) is 12.8. The average Bonchev–Trinajstić information content (AvgIpc) is 2.44. The van der Waals surface area contributed by atoms with Gasteiger partial charge in [-0.1, -0.05) is 0 Å². The van der Waals surface area contributed by atoms with Crippen LogP contribution in [0.4, 0.5) is 4.79 Å². The summed E-state index contributed by atoms with van der Waals surface area (Å²) in [5, 5.41) is 8.56. The molecule has 2 unspecified atom stereocenters. The summed E-state index contributed by atoms with van der Waals surface area (Å²) < 4.78 is 4.85. The van der Waals surface area contributed by atoms with E-state index in [9.17, 15) is 4.79 Å². The van der Waals surface area contributed by atoms with Gasteiger partial charge in [-0.25, -0.2) is 4.79 Å². The van der Waals surface area contributed by atoms with E-state index >= 15 is 0 Å². The van der Waals surface area contributed by atoms with Crippen LogP contribution in [0.15, 0.2) is 0 Å². The molecule has 0 radical (unpaired) electrons. The van der Waals surface area contributed by atoms with Crippen molar-refractivity contribution in [2.45, 2.75) is 44.2 Å². The van der Waals surface area contributed by atoms with E-state index in [4.69, 9.17) is 9.84 Å². The Morgan fingerprint density at radius 2 is 2.07 bits per heavy atom. The molecule has 2 saturated heterocycles. The fourth-order valence-electron chi connectivity index (χ4n) is 2.64. The highest BCUT2D eigenvalue weighted by Gasteiger charge is 2.30. The van der Waals surface area contributed by atoms with Crippen LogP contribution in [0.25, 0.3) is 0 Å². The van der Waals surface area contributed by atoms with Gasteiger partial charge in [0.05, 0.1) is 0 Å². The molecule has 2 aliphatic heterocycles. The number of carboxylic acid groups (broad SMARTS) is 1. The van der Waals surface area contributed by atoms with Crippen LogP contribution in [-0.2, 0) is 4.74 Å². The topological polar surface area (TPSA) is 49.8 Å². The number of ether oxygens (including phenoxy) is 1. The summed E-state index contributed by atoms with van der Waals surface area (Å²) in [6.07, 6.45) is 4.49. The van der Waals surface area contributed by atoms with Gasteiger partial charge in [0.1, 0.15) is 6.10 Å². The number of hydrogen-bond acceptors (Lipinski definition) is 3. The van der Waals surface area contributed by atoms with Crippen LogP contribution >= 0.6 is 0 Å². The van der Waals surface area contributed by atoms with E-state index in [0.29, 0.717) is 6.04 Å². The standard InChI is InChI=1S/C10H17NO3/c12-10(13)14-9-5-1-3-8-4-2-6-11(8)7-9/h8-9H,1-7H2,(H,12,13). The maximum absolute atomic E-state index is 10.4. The van der Waals surface area contributed by atoms with E-state index in [1.54, 1.807) is 0 Å². The summed E-state index contributed by atoms with van der Waals surface area (Å²) in [6, 6.07) is 0.692. The Bertz CT molecular complexity index is 219. The van der Waals surface area contributed by atoms with Crippen molar-refractivity contribution in [1.82, 2.24) is 4.90 Å². The number of fused-ring (bicyclic) bond motifs is 1. The number of carbonyl (C=O) groups is 1. The van der Waals surface area contributed by atoms with E-state index in [1.165, 1.54) is 19.3 Å². The molecular formula is C10H17NO3. The molecule has 4 nitrogen and oxygen atoms in total. The molecule has 0 aromatic heterocycles. The maximum atomic E-state index is 10.4. The molecule has 2 heterocycles. The summed E-state index contributed by atoms with van der Waals surface area (Å²) in [5.74, 6) is 0. The first-order valence-corrected chi connectivity index (χ1v) is 5.39. The van der Waals surface area contributed by atoms with Gasteiger partial charge in [0.2, 0.25) is 0 Å². The zero-order valence-corrected chi connectivity index (χ0v) is 8.32. The monoisotopic (exact) mass is 199 g/mol. The van der Waals surface area contributed by atoms with Crippen molar-refractivity contribution >= 4 is 6.16 Å². The Hall–Kier alpha value is -0.770. The van der Waals surface area contributed by atoms with Crippen LogP contribution in [0.3, 0.4) is 0 Å². The van der Waals surface area contributed by atoms with Crippen LogP contribution in [0, 0.1) is 0 Å². The molecule has 14 heavy (non-hydrogen) atoms. The Kier molecular flexibility index (Phi) is 2.91. The van der Waals surface area contributed by atoms with Crippen LogP contribution in [0.1, 0.15) is 32.1 Å². The van der Waals surface area contributed by atoms with Crippen LogP contribution < -0.4 is 0 Å². The lowest BCUT2D eigenvalue weighted by Gasteiger charge is -2.23. The first-order valence-electron chi connectivity index (χ1n) is 5.39. The van der Waals surface area contributed by atoms with E-state index in [2.05, 4.69) is 4.90 Å². The lowest BCUT2D eigenvalue weighted by atomic mass is 10.1. The Labute approximate surface area is 83.8 Å². The zero-order valence-electron chi connectivity index (χ0n) is 8.32. The first-order chi connectivity index (χ1) is 6.75. The van der Waals surface area contributed by atoms with Crippen LogP contribution in [-0.4, -0.2) is 41.4 Å². The Balaban J connectivity index is 1.91. The molecular weight excluding hydrogens is 182 g/mol. The summed E-state index contributed by atoms with van der Waals surface area (Å²) in [7, 11) is 0. The van der Waals surface area contributed by atoms with Gasteiger partial charge in [0, 0.05) is 12.6 Å². The van der Waals surface area contributed by atoms with Crippen molar-refractivity contribution in [1.29, 1.82) is 0 Å². The molecule has 2 aliphatic rings. The second kappa shape index (κ2) is 4.17. The van der Waals surface area contributed by atoms with Gasteiger partial charge in [-0.15, -0.1) is 0 Å². The highest BCUT2D eigenvalue weighted by atomic mass is 16.7. The van der Waals surface area contributed by atoms with Crippen molar-refractivity contribution in [3.8, 4) is 0 Å². The molecule has 80 valence electrons. The van der Waals surface area contributed by atoms with Crippen LogP contribution in [0.2, 0.25) is 0 Å². The maximum Gasteiger partial charge on any atom is 0.506 e. The van der Waals surface area contributed by atoms with Gasteiger partial charge in [0.25, 0.3) is 0 Å². The molecule has 2 atom stereocenters. The van der Waals surface area contributed by atoms with Crippen molar-refractivity contribution in [2.24, 2.45) is 0 Å². The fraction of sp³-hybridized carbons (Fsp3) is 0.900. The second-order valence-electron chi connectivity index (χ2n) is 4.23. The van der Waals surface area contributed by atoms with Gasteiger partial charge in [-0.05, 0) is 38.6 Å². The van der Waals surface area contributed by atoms with Gasteiger partial charge in [-0.2, -0.15) is 0 Å². The molecule has 0 saturated carbocycles. The van der Waals surface area contributed by atoms with E-state index in [1.807, 2.05) is 0 Å². The third-order valence-corrected chi connectivity index (χ3v) is 3.27. The van der Waals surface area contributed by atoms with Crippen molar-refractivity contribution in [3.63, 3.8) is 0 Å². The number of rotatable bonds is 1. The molecule has 2 fully saturated rings. The van der Waals surface area contributed by atoms with Crippen molar-refractivity contribution in [2.75, 3.05) is 13.1 Å². The van der Waals surface area contributed by atoms with Crippen LogP contribution in [0.5, 0.6) is 0 Å². The smallest absolute Gasteiger partial charge is 0.450 e. The third-order valence-electron chi connectivity index (χ3n) is 3.27. The molecule has 0 spiro atoms. The van der Waals surface area contributed by atoms with Crippen molar-refractivity contribution in [3.05, 3.63) is 0 Å². The van der Waals surface area contributed by atoms with Crippen molar-refractivity contribution < 1.29 is 14.6 Å². The minimum atomic E-state index is -1.13. The van der Waals surface area contributed by atoms with E-state index in [0.717, 1.165) is 25.9 Å². The fourth-order valence-corrected chi connectivity index (χ4v) is 2.64. The minimum Gasteiger partial charge on any atom is -0.450 e. The largest absolute Gasteiger partial charge is 0.506 e. The predicted molar refractivity (Wildman–Crippen MR) is 51.3 cm³/mol. The normalized spacial score (nSPS) is 33.4. The molecule has 0 aromatic rings. The summed E-state index contributed by atoms with van der Waals surface area (Å²) in [5.41, 5.74) is 0. The molecule has 0 bridgehead atoms. The minimum absolute atomic E-state index is 0.101. The molecule has 0 amide bonds. The average molecular weight is 199 g/mol. The first kappa shape index (κ1) is 9.77. The number of hydrogen-bond donors (Lipinski definition) is 1. The molecule has 0 aromatic carbocycles.